The van der Waals surface area contributed by atoms with E-state index in [2.05, 4.69) is 33.2 Å². The van der Waals surface area contributed by atoms with Gasteiger partial charge in [-0.05, 0) is 71.4 Å². The summed E-state index contributed by atoms with van der Waals surface area (Å²) in [4.78, 5) is 23.5. The number of nitrogen functional groups attached to an aromatic ring is 1. The lowest BCUT2D eigenvalue weighted by Gasteiger charge is -2.33. The molecule has 0 saturated carbocycles. The van der Waals surface area contributed by atoms with Crippen molar-refractivity contribution in [3.05, 3.63) is 82.6 Å². The maximum absolute atomic E-state index is 12.0. The van der Waals surface area contributed by atoms with E-state index in [1.165, 1.54) is 16.7 Å². The van der Waals surface area contributed by atoms with Crippen molar-refractivity contribution in [2.24, 2.45) is 5.73 Å². The van der Waals surface area contributed by atoms with Crippen molar-refractivity contribution in [1.82, 2.24) is 15.0 Å². The SMILES string of the molecule is NC(=O)c1[nH]c2c(c1N)C1=C(CCC/C1=C\c1ccncc1)C(c1ccncc1)S2. The molecule has 2 aliphatic rings. The van der Waals surface area contributed by atoms with Crippen molar-refractivity contribution in [2.75, 3.05) is 5.73 Å². The van der Waals surface area contributed by atoms with E-state index in [-0.39, 0.29) is 10.9 Å². The second-order valence-electron chi connectivity index (χ2n) is 7.46. The molecule has 0 saturated heterocycles. The number of hydrogen-bond donors (Lipinski definition) is 3. The van der Waals surface area contributed by atoms with Crippen LogP contribution in [-0.2, 0) is 0 Å². The van der Waals surface area contributed by atoms with Crippen LogP contribution in [0.15, 0.2) is 65.2 Å². The number of thioether (sulfide) groups is 1. The molecule has 7 heteroatoms. The zero-order valence-corrected chi connectivity index (χ0v) is 17.1. The molecule has 0 spiro atoms. The van der Waals surface area contributed by atoms with Crippen molar-refractivity contribution in [1.29, 1.82) is 0 Å². The molecule has 1 aliphatic carbocycles. The summed E-state index contributed by atoms with van der Waals surface area (Å²) >= 11 is 1.69. The molecular formula is C23H21N5OS. The Kier molecular flexibility index (Phi) is 4.67. The average molecular weight is 416 g/mol. The number of fused-ring (bicyclic) bond motifs is 2. The minimum Gasteiger partial charge on any atom is -0.396 e. The van der Waals surface area contributed by atoms with Gasteiger partial charge in [-0.25, -0.2) is 0 Å². The standard InChI is InChI=1S/C23H21N5OS/c24-19-18-17-15(12-13-4-8-26-9-5-13)2-1-3-16(17)21(14-6-10-27-11-7-14)30-23(18)28-20(19)22(25)29/h4-12,21,28H,1-3,24H2,(H2,25,29)/b15-12+. The molecule has 0 radical (unpaired) electrons. The largest absolute Gasteiger partial charge is 0.396 e. The number of amides is 1. The molecule has 1 amide bonds. The molecular weight excluding hydrogens is 394 g/mol. The van der Waals surface area contributed by atoms with Crippen LogP contribution >= 0.6 is 11.8 Å². The van der Waals surface area contributed by atoms with Crippen molar-refractivity contribution in [3.8, 4) is 0 Å². The normalized spacial score (nSPS) is 19.5. The Balaban J connectivity index is 1.75. The van der Waals surface area contributed by atoms with E-state index in [0.717, 1.165) is 41.0 Å². The van der Waals surface area contributed by atoms with Crippen LogP contribution in [0, 0.1) is 0 Å². The number of nitrogens with two attached hydrogens (primary N) is 2. The maximum atomic E-state index is 12.0. The van der Waals surface area contributed by atoms with Gasteiger partial charge in [0.2, 0.25) is 0 Å². The first-order valence-corrected chi connectivity index (χ1v) is 10.7. The smallest absolute Gasteiger partial charge is 0.267 e. The van der Waals surface area contributed by atoms with Gasteiger partial charge >= 0.3 is 0 Å². The van der Waals surface area contributed by atoms with Crippen LogP contribution in [0.5, 0.6) is 0 Å². The first-order chi connectivity index (χ1) is 14.6. The number of hydrogen-bond acceptors (Lipinski definition) is 5. The van der Waals surface area contributed by atoms with E-state index in [0.29, 0.717) is 5.69 Å². The number of aromatic amines is 1. The first-order valence-electron chi connectivity index (χ1n) is 9.85. The summed E-state index contributed by atoms with van der Waals surface area (Å²) < 4.78 is 0. The molecule has 3 aromatic rings. The fourth-order valence-corrected chi connectivity index (χ4v) is 5.73. The van der Waals surface area contributed by atoms with Gasteiger partial charge in [0, 0.05) is 30.4 Å². The lowest BCUT2D eigenvalue weighted by Crippen LogP contribution is -2.14. The summed E-state index contributed by atoms with van der Waals surface area (Å²) in [6.45, 7) is 0. The minimum absolute atomic E-state index is 0.135. The summed E-state index contributed by atoms with van der Waals surface area (Å²) in [5.74, 6) is -0.541. The summed E-state index contributed by atoms with van der Waals surface area (Å²) in [7, 11) is 0. The van der Waals surface area contributed by atoms with E-state index in [1.54, 1.807) is 24.2 Å². The zero-order valence-electron chi connectivity index (χ0n) is 16.3. The third-order valence-corrected chi connectivity index (χ3v) is 6.98. The molecule has 5 rings (SSSR count). The molecule has 30 heavy (non-hydrogen) atoms. The van der Waals surface area contributed by atoms with Gasteiger partial charge in [-0.15, -0.1) is 0 Å². The van der Waals surface area contributed by atoms with E-state index < -0.39 is 5.91 Å². The highest BCUT2D eigenvalue weighted by molar-refractivity contribution is 7.99. The Morgan fingerprint density at radius 3 is 2.50 bits per heavy atom. The van der Waals surface area contributed by atoms with E-state index >= 15 is 0 Å². The fourth-order valence-electron chi connectivity index (χ4n) is 4.33. The molecule has 1 atom stereocenters. The molecule has 4 heterocycles. The van der Waals surface area contributed by atoms with Crippen molar-refractivity contribution in [2.45, 2.75) is 29.5 Å². The number of H-pyrrole nitrogens is 1. The van der Waals surface area contributed by atoms with Crippen LogP contribution in [0.2, 0.25) is 0 Å². The van der Waals surface area contributed by atoms with E-state index in [4.69, 9.17) is 11.5 Å². The molecule has 0 aromatic carbocycles. The highest BCUT2D eigenvalue weighted by Gasteiger charge is 2.36. The Morgan fingerprint density at radius 2 is 1.80 bits per heavy atom. The van der Waals surface area contributed by atoms with Gasteiger partial charge in [0.1, 0.15) is 5.69 Å². The van der Waals surface area contributed by atoms with Gasteiger partial charge < -0.3 is 16.5 Å². The van der Waals surface area contributed by atoms with Crippen LogP contribution in [0.4, 0.5) is 5.69 Å². The molecule has 1 aliphatic heterocycles. The van der Waals surface area contributed by atoms with E-state index in [9.17, 15) is 4.79 Å². The predicted octanol–water partition coefficient (Wildman–Crippen LogP) is 4.35. The molecule has 0 fully saturated rings. The molecule has 3 aromatic heterocycles. The van der Waals surface area contributed by atoms with Gasteiger partial charge in [-0.3, -0.25) is 14.8 Å². The van der Waals surface area contributed by atoms with Crippen LogP contribution < -0.4 is 11.5 Å². The lowest BCUT2D eigenvalue weighted by molar-refractivity contribution is 0.0996. The summed E-state index contributed by atoms with van der Waals surface area (Å²) in [6, 6.07) is 8.09. The number of nitrogens with one attached hydrogen (secondary N) is 1. The minimum atomic E-state index is -0.541. The highest BCUT2D eigenvalue weighted by Crippen LogP contribution is 2.57. The highest BCUT2D eigenvalue weighted by atomic mass is 32.2. The summed E-state index contributed by atoms with van der Waals surface area (Å²) in [6.07, 6.45) is 12.4. The van der Waals surface area contributed by atoms with Gasteiger partial charge in [0.25, 0.3) is 5.91 Å². The number of carbonyl (C=O) groups excluding carboxylic acids is 1. The molecule has 6 nitrogen and oxygen atoms in total. The number of primary amides is 1. The van der Waals surface area contributed by atoms with Gasteiger partial charge in [0.15, 0.2) is 0 Å². The Labute approximate surface area is 178 Å². The van der Waals surface area contributed by atoms with E-state index in [1.807, 2.05) is 24.5 Å². The quantitative estimate of drug-likeness (QED) is 0.589. The second-order valence-corrected chi connectivity index (χ2v) is 8.58. The molecule has 150 valence electrons. The number of pyridine rings is 2. The van der Waals surface area contributed by atoms with Gasteiger partial charge in [-0.2, -0.15) is 0 Å². The zero-order chi connectivity index (χ0) is 20.7. The third-order valence-electron chi connectivity index (χ3n) is 5.64. The second kappa shape index (κ2) is 7.50. The van der Waals surface area contributed by atoms with Crippen molar-refractivity contribution in [3.63, 3.8) is 0 Å². The number of carbonyl (C=O) groups is 1. The Morgan fingerprint density at radius 1 is 1.10 bits per heavy atom. The summed E-state index contributed by atoms with van der Waals surface area (Å²) in [5.41, 5.74) is 19.7. The lowest BCUT2D eigenvalue weighted by atomic mass is 9.80. The number of rotatable bonds is 3. The fraction of sp³-hybridized carbons (Fsp3) is 0.174. The molecule has 1 unspecified atom stereocenters. The average Bonchev–Trinajstić information content (AvgIpc) is 3.11. The van der Waals surface area contributed by atoms with Crippen molar-refractivity contribution < 1.29 is 4.79 Å². The van der Waals surface area contributed by atoms with Gasteiger partial charge in [0.05, 0.1) is 16.0 Å². The third kappa shape index (κ3) is 3.11. The van der Waals surface area contributed by atoms with Crippen LogP contribution in [0.1, 0.15) is 51.7 Å². The maximum Gasteiger partial charge on any atom is 0.267 e. The predicted molar refractivity (Wildman–Crippen MR) is 120 cm³/mol. The summed E-state index contributed by atoms with van der Waals surface area (Å²) in [5, 5.41) is 1.03. The molecule has 5 N–H and O–H groups in total. The topological polar surface area (TPSA) is 111 Å². The number of nitrogens with zero attached hydrogens (tertiary/aromatic N) is 2. The van der Waals surface area contributed by atoms with Crippen molar-refractivity contribution >= 4 is 35.0 Å². The van der Waals surface area contributed by atoms with Crippen LogP contribution in [-0.4, -0.2) is 20.9 Å². The molecule has 0 bridgehead atoms. The number of allylic oxidation sites excluding steroid dienone is 2. The first kappa shape index (κ1) is 18.7. The van der Waals surface area contributed by atoms with Crippen LogP contribution in [0.3, 0.4) is 0 Å². The Bertz CT molecular complexity index is 1180. The number of anilines is 1. The van der Waals surface area contributed by atoms with Gasteiger partial charge in [-0.1, -0.05) is 17.8 Å². The number of aromatic nitrogens is 3. The Hall–Kier alpha value is -3.32. The van der Waals surface area contributed by atoms with Crippen LogP contribution in [0.25, 0.3) is 11.6 Å². The monoisotopic (exact) mass is 415 g/mol.